The predicted molar refractivity (Wildman–Crippen MR) is 85.9 cm³/mol. The quantitative estimate of drug-likeness (QED) is 0.848. The maximum atomic E-state index is 11.9. The molecule has 1 aromatic carbocycles. The van der Waals surface area contributed by atoms with E-state index in [2.05, 4.69) is 17.9 Å². The molecule has 1 aliphatic heterocycles. The van der Waals surface area contributed by atoms with Crippen LogP contribution in [-0.2, 0) is 0 Å². The van der Waals surface area contributed by atoms with E-state index in [9.17, 15) is 9.90 Å². The summed E-state index contributed by atoms with van der Waals surface area (Å²) in [6.07, 6.45) is 2.89. The Labute approximate surface area is 131 Å². The molecule has 0 saturated heterocycles. The zero-order chi connectivity index (χ0) is 16.3. The second kappa shape index (κ2) is 6.83. The van der Waals surface area contributed by atoms with Gasteiger partial charge in [-0.1, -0.05) is 13.0 Å². The zero-order valence-electron chi connectivity index (χ0n) is 13.6. The lowest BCUT2D eigenvalue weighted by molar-refractivity contribution is 0.101. The Morgan fingerprint density at radius 2 is 2.00 bits per heavy atom. The topological polar surface area (TPSA) is 59.0 Å². The van der Waals surface area contributed by atoms with Crippen LogP contribution in [0, 0.1) is 0 Å². The smallest absolute Gasteiger partial charge is 0.167 e. The molecular formula is C17H23NO4. The summed E-state index contributed by atoms with van der Waals surface area (Å²) in [6.45, 7) is 6.29. The molecule has 2 rings (SSSR count). The first-order valence-corrected chi connectivity index (χ1v) is 7.44. The summed E-state index contributed by atoms with van der Waals surface area (Å²) in [6, 6.07) is 1.67. The lowest BCUT2D eigenvalue weighted by atomic mass is 9.93. The van der Waals surface area contributed by atoms with Gasteiger partial charge in [0.1, 0.15) is 22.8 Å². The molecule has 1 aromatic rings. The number of Topliss-reactive ketones (excluding diaryl/α,β-unsaturated/α-hetero) is 1. The minimum Gasteiger partial charge on any atom is -0.506 e. The molecule has 0 spiro atoms. The minimum atomic E-state index is -0.232. The van der Waals surface area contributed by atoms with Crippen molar-refractivity contribution in [2.75, 3.05) is 33.9 Å². The number of ketones is 1. The maximum absolute atomic E-state index is 11.9. The van der Waals surface area contributed by atoms with E-state index in [4.69, 9.17) is 9.47 Å². The molecule has 22 heavy (non-hydrogen) atoms. The van der Waals surface area contributed by atoms with Gasteiger partial charge in [-0.25, -0.2) is 0 Å². The van der Waals surface area contributed by atoms with Gasteiger partial charge in [0.25, 0.3) is 0 Å². The summed E-state index contributed by atoms with van der Waals surface area (Å²) >= 11 is 0. The highest BCUT2D eigenvalue weighted by atomic mass is 16.5. The van der Waals surface area contributed by atoms with Crippen molar-refractivity contribution >= 4 is 11.4 Å². The molecule has 0 radical (unpaired) electrons. The van der Waals surface area contributed by atoms with E-state index in [0.717, 1.165) is 31.6 Å². The summed E-state index contributed by atoms with van der Waals surface area (Å²) in [4.78, 5) is 14.2. The van der Waals surface area contributed by atoms with Gasteiger partial charge in [-0.3, -0.25) is 9.69 Å². The molecule has 0 bridgehead atoms. The van der Waals surface area contributed by atoms with Crippen LogP contribution >= 0.6 is 0 Å². The largest absolute Gasteiger partial charge is 0.506 e. The Morgan fingerprint density at radius 3 is 2.45 bits per heavy atom. The summed E-state index contributed by atoms with van der Waals surface area (Å²) in [5.74, 6) is 0.567. The van der Waals surface area contributed by atoms with Gasteiger partial charge in [0.2, 0.25) is 0 Å². The van der Waals surface area contributed by atoms with Crippen LogP contribution < -0.4 is 9.47 Å². The van der Waals surface area contributed by atoms with Crippen LogP contribution in [0.1, 0.15) is 36.2 Å². The van der Waals surface area contributed by atoms with Crippen molar-refractivity contribution in [3.05, 3.63) is 23.3 Å². The number of nitrogens with zero attached hydrogens (tertiary/aromatic N) is 1. The molecule has 5 heteroatoms. The van der Waals surface area contributed by atoms with Gasteiger partial charge in [-0.15, -0.1) is 0 Å². The molecule has 1 N–H and O–H groups in total. The normalized spacial score (nSPS) is 15.4. The first-order valence-electron chi connectivity index (χ1n) is 7.44. The lowest BCUT2D eigenvalue weighted by Crippen LogP contribution is -2.28. The number of benzene rings is 1. The van der Waals surface area contributed by atoms with Gasteiger partial charge in [0.05, 0.1) is 19.8 Å². The molecule has 1 aliphatic rings. The molecule has 5 nitrogen and oxygen atoms in total. The van der Waals surface area contributed by atoms with Gasteiger partial charge in [-0.2, -0.15) is 0 Å². The number of hydrogen-bond donors (Lipinski definition) is 1. The van der Waals surface area contributed by atoms with Gasteiger partial charge < -0.3 is 14.6 Å². The van der Waals surface area contributed by atoms with E-state index >= 15 is 0 Å². The standard InChI is InChI=1S/C17H23NO4/c1-5-18-8-6-12(7-9-18)16-14(22-4)10-13(21-3)15(11(2)19)17(16)20/h6,10,20H,5,7-9H2,1-4H3. The first kappa shape index (κ1) is 16.4. The fourth-order valence-electron chi connectivity index (χ4n) is 2.82. The molecule has 1 heterocycles. The van der Waals surface area contributed by atoms with E-state index in [0.29, 0.717) is 17.1 Å². The molecule has 0 aromatic heterocycles. The highest BCUT2D eigenvalue weighted by Crippen LogP contribution is 2.43. The minimum absolute atomic E-state index is 0.0556. The second-order valence-electron chi connectivity index (χ2n) is 5.31. The highest BCUT2D eigenvalue weighted by molar-refractivity contribution is 6.02. The lowest BCUT2D eigenvalue weighted by Gasteiger charge is -2.26. The average Bonchev–Trinajstić information content (AvgIpc) is 2.53. The number of likely N-dealkylation sites (N-methyl/N-ethyl adjacent to an activating group) is 1. The van der Waals surface area contributed by atoms with Crippen LogP contribution in [-0.4, -0.2) is 49.6 Å². The fraction of sp³-hybridized carbons (Fsp3) is 0.471. The molecule has 120 valence electrons. The van der Waals surface area contributed by atoms with E-state index in [1.807, 2.05) is 0 Å². The van der Waals surface area contributed by atoms with Gasteiger partial charge >= 0.3 is 0 Å². The number of ether oxygens (including phenoxy) is 2. The Balaban J connectivity index is 2.57. The van der Waals surface area contributed by atoms with Crippen molar-refractivity contribution in [2.45, 2.75) is 20.3 Å². The molecule has 0 atom stereocenters. The van der Waals surface area contributed by atoms with Crippen LogP contribution in [0.25, 0.3) is 5.57 Å². The van der Waals surface area contributed by atoms with Crippen molar-refractivity contribution in [2.24, 2.45) is 0 Å². The second-order valence-corrected chi connectivity index (χ2v) is 5.31. The fourth-order valence-corrected chi connectivity index (χ4v) is 2.82. The molecule has 0 saturated carbocycles. The van der Waals surface area contributed by atoms with Crippen molar-refractivity contribution in [3.63, 3.8) is 0 Å². The van der Waals surface area contributed by atoms with E-state index in [-0.39, 0.29) is 17.1 Å². The Morgan fingerprint density at radius 1 is 1.32 bits per heavy atom. The van der Waals surface area contributed by atoms with E-state index in [1.165, 1.54) is 14.0 Å². The number of aromatic hydroxyl groups is 1. The number of hydrogen-bond acceptors (Lipinski definition) is 5. The number of phenols is 1. The predicted octanol–water partition coefficient (Wildman–Crippen LogP) is 2.72. The number of phenolic OH excluding ortho intramolecular Hbond substituents is 1. The Bertz CT molecular complexity index is 607. The van der Waals surface area contributed by atoms with Crippen molar-refractivity contribution < 1.29 is 19.4 Å². The first-order chi connectivity index (χ1) is 10.5. The van der Waals surface area contributed by atoms with Crippen LogP contribution in [0.5, 0.6) is 17.2 Å². The van der Waals surface area contributed by atoms with E-state index < -0.39 is 0 Å². The molecule has 0 fully saturated rings. The van der Waals surface area contributed by atoms with Gasteiger partial charge in [0.15, 0.2) is 5.78 Å². The number of rotatable bonds is 5. The maximum Gasteiger partial charge on any atom is 0.167 e. The van der Waals surface area contributed by atoms with Crippen LogP contribution in [0.3, 0.4) is 0 Å². The third kappa shape index (κ3) is 2.95. The van der Waals surface area contributed by atoms with Gasteiger partial charge in [0, 0.05) is 19.2 Å². The molecular weight excluding hydrogens is 282 g/mol. The Hall–Kier alpha value is -2.01. The summed E-state index contributed by atoms with van der Waals surface area (Å²) in [5, 5.41) is 10.6. The summed E-state index contributed by atoms with van der Waals surface area (Å²) < 4.78 is 10.6. The highest BCUT2D eigenvalue weighted by Gasteiger charge is 2.25. The number of methoxy groups -OCH3 is 2. The zero-order valence-corrected chi connectivity index (χ0v) is 13.6. The van der Waals surface area contributed by atoms with Crippen LogP contribution in [0.2, 0.25) is 0 Å². The van der Waals surface area contributed by atoms with Crippen molar-refractivity contribution in [3.8, 4) is 17.2 Å². The Kier molecular flexibility index (Phi) is 5.08. The molecule has 0 unspecified atom stereocenters. The summed E-state index contributed by atoms with van der Waals surface area (Å²) in [5.41, 5.74) is 1.81. The number of carbonyl (C=O) groups is 1. The average molecular weight is 305 g/mol. The summed E-state index contributed by atoms with van der Waals surface area (Å²) in [7, 11) is 3.02. The van der Waals surface area contributed by atoms with E-state index in [1.54, 1.807) is 13.2 Å². The monoisotopic (exact) mass is 305 g/mol. The van der Waals surface area contributed by atoms with Crippen LogP contribution in [0.4, 0.5) is 0 Å². The van der Waals surface area contributed by atoms with Crippen molar-refractivity contribution in [1.82, 2.24) is 4.90 Å². The third-order valence-corrected chi connectivity index (χ3v) is 4.08. The molecule has 0 aliphatic carbocycles. The third-order valence-electron chi connectivity index (χ3n) is 4.08. The van der Waals surface area contributed by atoms with Gasteiger partial charge in [-0.05, 0) is 25.5 Å². The SMILES string of the molecule is CCN1CC=C(c2c(OC)cc(OC)c(C(C)=O)c2O)CC1. The number of carbonyl (C=O) groups excluding carboxylic acids is 1. The van der Waals surface area contributed by atoms with Crippen LogP contribution in [0.15, 0.2) is 12.1 Å². The molecule has 0 amide bonds. The van der Waals surface area contributed by atoms with Crippen molar-refractivity contribution in [1.29, 1.82) is 0 Å².